The molecule has 4 nitrogen and oxygen atoms in total. The molecule has 64 valence electrons. The Kier molecular flexibility index (Phi) is 3.32. The molecule has 2 N–H and O–H groups in total. The molecule has 1 heterocycles. The van der Waals surface area contributed by atoms with Crippen LogP contribution in [0.5, 0.6) is 0 Å². The fraction of sp³-hybridized carbons (Fsp3) is 0.857. The van der Waals surface area contributed by atoms with Crippen LogP contribution in [0, 0.1) is 5.92 Å². The van der Waals surface area contributed by atoms with Crippen molar-refractivity contribution >= 4 is 5.91 Å². The number of hydrogen-bond acceptors (Lipinski definition) is 3. The highest BCUT2D eigenvalue weighted by atomic mass is 16.6. The Labute approximate surface area is 66.3 Å². The van der Waals surface area contributed by atoms with E-state index in [9.17, 15) is 4.79 Å². The summed E-state index contributed by atoms with van der Waals surface area (Å²) in [6.45, 7) is 1.86. The first kappa shape index (κ1) is 8.49. The first-order chi connectivity index (χ1) is 5.34. The minimum absolute atomic E-state index is 0.00833. The van der Waals surface area contributed by atoms with Crippen LogP contribution in [0.3, 0.4) is 0 Å². The predicted octanol–water partition coefficient (Wildman–Crippen LogP) is -0.336. The monoisotopic (exact) mass is 158 g/mol. The van der Waals surface area contributed by atoms with E-state index in [1.165, 1.54) is 7.11 Å². The molecule has 1 aliphatic heterocycles. The van der Waals surface area contributed by atoms with E-state index >= 15 is 0 Å². The van der Waals surface area contributed by atoms with E-state index in [2.05, 4.69) is 15.6 Å². The zero-order valence-corrected chi connectivity index (χ0v) is 6.72. The molecule has 1 aliphatic rings. The van der Waals surface area contributed by atoms with Crippen molar-refractivity contribution in [1.29, 1.82) is 0 Å². The Balaban J connectivity index is 2.27. The van der Waals surface area contributed by atoms with Gasteiger partial charge in [-0.1, -0.05) is 0 Å². The van der Waals surface area contributed by atoms with Gasteiger partial charge in [0, 0.05) is 5.92 Å². The lowest BCUT2D eigenvalue weighted by Crippen LogP contribution is -2.37. The number of hydrogen-bond donors (Lipinski definition) is 2. The van der Waals surface area contributed by atoms with Crippen molar-refractivity contribution in [3.8, 4) is 0 Å². The third-order valence-electron chi connectivity index (χ3n) is 1.91. The van der Waals surface area contributed by atoms with E-state index in [-0.39, 0.29) is 11.8 Å². The molecular formula is C7H14N2O2. The molecule has 1 fully saturated rings. The third kappa shape index (κ3) is 2.48. The molecule has 0 aromatic rings. The molecule has 1 saturated heterocycles. The van der Waals surface area contributed by atoms with Gasteiger partial charge >= 0.3 is 0 Å². The zero-order valence-electron chi connectivity index (χ0n) is 6.72. The largest absolute Gasteiger partial charge is 0.317 e. The Hall–Kier alpha value is -0.610. The van der Waals surface area contributed by atoms with Gasteiger partial charge in [0.15, 0.2) is 0 Å². The maximum atomic E-state index is 11.1. The summed E-state index contributed by atoms with van der Waals surface area (Å²) in [6.07, 6.45) is 1.82. The lowest BCUT2D eigenvalue weighted by molar-refractivity contribution is -0.136. The van der Waals surface area contributed by atoms with Crippen LogP contribution in [0.25, 0.3) is 0 Å². The molecular weight excluding hydrogens is 144 g/mol. The van der Waals surface area contributed by atoms with Gasteiger partial charge in [-0.15, -0.1) is 0 Å². The van der Waals surface area contributed by atoms with Gasteiger partial charge in [-0.25, -0.2) is 5.48 Å². The van der Waals surface area contributed by atoms with Crippen molar-refractivity contribution in [1.82, 2.24) is 10.8 Å². The van der Waals surface area contributed by atoms with Gasteiger partial charge < -0.3 is 5.32 Å². The average molecular weight is 158 g/mol. The lowest BCUT2D eigenvalue weighted by Gasteiger charge is -2.20. The minimum Gasteiger partial charge on any atom is -0.317 e. The van der Waals surface area contributed by atoms with Crippen LogP contribution >= 0.6 is 0 Å². The number of carbonyl (C=O) groups is 1. The molecule has 0 bridgehead atoms. The second-order valence-electron chi connectivity index (χ2n) is 2.69. The quantitative estimate of drug-likeness (QED) is 0.541. The van der Waals surface area contributed by atoms with Crippen LogP contribution in [0.1, 0.15) is 12.8 Å². The van der Waals surface area contributed by atoms with Crippen molar-refractivity contribution < 1.29 is 9.63 Å². The fourth-order valence-corrected chi connectivity index (χ4v) is 1.27. The SMILES string of the molecule is CONC(=O)C1CCNCC1. The summed E-state index contributed by atoms with van der Waals surface area (Å²) in [5.41, 5.74) is 2.35. The highest BCUT2D eigenvalue weighted by Crippen LogP contribution is 2.10. The first-order valence-corrected chi connectivity index (χ1v) is 3.88. The Morgan fingerprint density at radius 1 is 1.55 bits per heavy atom. The van der Waals surface area contributed by atoms with Crippen LogP contribution in [0.2, 0.25) is 0 Å². The van der Waals surface area contributed by atoms with E-state index < -0.39 is 0 Å². The van der Waals surface area contributed by atoms with Crippen molar-refractivity contribution in [2.45, 2.75) is 12.8 Å². The van der Waals surface area contributed by atoms with E-state index in [1.807, 2.05) is 0 Å². The normalized spacial score (nSPS) is 19.7. The number of hydroxylamine groups is 1. The minimum atomic E-state index is 0.00833. The predicted molar refractivity (Wildman–Crippen MR) is 40.7 cm³/mol. The molecule has 0 atom stereocenters. The summed E-state index contributed by atoms with van der Waals surface area (Å²) >= 11 is 0. The van der Waals surface area contributed by atoms with Crippen molar-refractivity contribution in [2.75, 3.05) is 20.2 Å². The number of amides is 1. The first-order valence-electron chi connectivity index (χ1n) is 3.88. The van der Waals surface area contributed by atoms with E-state index in [1.54, 1.807) is 0 Å². The lowest BCUT2D eigenvalue weighted by atomic mass is 9.98. The highest BCUT2D eigenvalue weighted by Gasteiger charge is 2.20. The Bertz CT molecular complexity index is 132. The number of piperidine rings is 1. The molecule has 1 amide bonds. The van der Waals surface area contributed by atoms with Crippen molar-refractivity contribution in [2.24, 2.45) is 5.92 Å². The Morgan fingerprint density at radius 2 is 2.18 bits per heavy atom. The third-order valence-corrected chi connectivity index (χ3v) is 1.91. The van der Waals surface area contributed by atoms with Crippen LogP contribution in [-0.4, -0.2) is 26.1 Å². The van der Waals surface area contributed by atoms with Crippen molar-refractivity contribution in [3.63, 3.8) is 0 Å². The molecule has 0 unspecified atom stereocenters. The summed E-state index contributed by atoms with van der Waals surface area (Å²) in [6, 6.07) is 0. The van der Waals surface area contributed by atoms with Crippen molar-refractivity contribution in [3.05, 3.63) is 0 Å². The molecule has 4 heteroatoms. The summed E-state index contributed by atoms with van der Waals surface area (Å²) < 4.78 is 0. The van der Waals surface area contributed by atoms with E-state index in [4.69, 9.17) is 0 Å². The van der Waals surface area contributed by atoms with Gasteiger partial charge in [-0.05, 0) is 25.9 Å². The number of rotatable bonds is 2. The maximum absolute atomic E-state index is 11.1. The van der Waals surface area contributed by atoms with E-state index in [0.29, 0.717) is 0 Å². The van der Waals surface area contributed by atoms with E-state index in [0.717, 1.165) is 25.9 Å². The second kappa shape index (κ2) is 4.31. The standard InChI is InChI=1S/C7H14N2O2/c1-11-9-7(10)6-2-4-8-5-3-6/h6,8H,2-5H2,1H3,(H,9,10). The highest BCUT2D eigenvalue weighted by molar-refractivity contribution is 5.77. The summed E-state index contributed by atoms with van der Waals surface area (Å²) in [5, 5.41) is 3.19. The number of nitrogens with one attached hydrogen (secondary N) is 2. The zero-order chi connectivity index (χ0) is 8.10. The average Bonchev–Trinajstić information content (AvgIpc) is 2.07. The summed E-state index contributed by atoms with van der Waals surface area (Å²) in [5.74, 6) is 0.144. The topological polar surface area (TPSA) is 50.4 Å². The maximum Gasteiger partial charge on any atom is 0.246 e. The van der Waals surface area contributed by atoms with Gasteiger partial charge in [-0.2, -0.15) is 0 Å². The van der Waals surface area contributed by atoms with Gasteiger partial charge in [0.05, 0.1) is 7.11 Å². The molecule has 0 aromatic heterocycles. The van der Waals surface area contributed by atoms with Crippen LogP contribution in [0.4, 0.5) is 0 Å². The van der Waals surface area contributed by atoms with Crippen LogP contribution in [0.15, 0.2) is 0 Å². The van der Waals surface area contributed by atoms with Gasteiger partial charge in [0.1, 0.15) is 0 Å². The fourth-order valence-electron chi connectivity index (χ4n) is 1.27. The smallest absolute Gasteiger partial charge is 0.246 e. The van der Waals surface area contributed by atoms with Gasteiger partial charge in [-0.3, -0.25) is 9.63 Å². The molecule has 0 saturated carbocycles. The van der Waals surface area contributed by atoms with Gasteiger partial charge in [0.25, 0.3) is 0 Å². The number of carbonyl (C=O) groups excluding carboxylic acids is 1. The molecule has 0 aliphatic carbocycles. The second-order valence-corrected chi connectivity index (χ2v) is 2.69. The summed E-state index contributed by atoms with van der Waals surface area (Å²) in [7, 11) is 1.46. The molecule has 1 rings (SSSR count). The van der Waals surface area contributed by atoms with Crippen LogP contribution < -0.4 is 10.8 Å². The molecule has 0 spiro atoms. The molecule has 11 heavy (non-hydrogen) atoms. The Morgan fingerprint density at radius 3 is 2.73 bits per heavy atom. The summed E-state index contributed by atoms with van der Waals surface area (Å²) in [4.78, 5) is 15.7. The molecule has 0 radical (unpaired) electrons. The molecule has 0 aromatic carbocycles. The van der Waals surface area contributed by atoms with Crippen LogP contribution in [-0.2, 0) is 9.63 Å². The van der Waals surface area contributed by atoms with Gasteiger partial charge in [0.2, 0.25) is 5.91 Å².